The molecule has 0 radical (unpaired) electrons. The van der Waals surface area contributed by atoms with Gasteiger partial charge in [-0.25, -0.2) is 4.98 Å². The van der Waals surface area contributed by atoms with Crippen LogP contribution < -0.4 is 5.73 Å². The first kappa shape index (κ1) is 14.1. The van der Waals surface area contributed by atoms with Crippen molar-refractivity contribution in [1.82, 2.24) is 9.55 Å². The van der Waals surface area contributed by atoms with Gasteiger partial charge in [-0.15, -0.1) is 11.3 Å². The minimum absolute atomic E-state index is 0.0572. The summed E-state index contributed by atoms with van der Waals surface area (Å²) in [6.45, 7) is 0.426. The van der Waals surface area contributed by atoms with E-state index in [1.165, 1.54) is 11.3 Å². The number of thiophene rings is 1. The van der Waals surface area contributed by atoms with Crippen molar-refractivity contribution >= 4 is 34.0 Å². The smallest absolute Gasteiger partial charge is 0.124 e. The highest BCUT2D eigenvalue weighted by molar-refractivity contribution is 7.16. The molecule has 106 valence electrons. The summed E-state index contributed by atoms with van der Waals surface area (Å²) < 4.78 is 2.79. The summed E-state index contributed by atoms with van der Waals surface area (Å²) in [5.41, 5.74) is 7.86. The summed E-state index contributed by atoms with van der Waals surface area (Å²) in [7, 11) is 0. The van der Waals surface area contributed by atoms with Gasteiger partial charge in [0, 0.05) is 11.4 Å². The third kappa shape index (κ3) is 2.54. The van der Waals surface area contributed by atoms with Crippen molar-refractivity contribution in [2.75, 3.05) is 6.54 Å². The number of benzene rings is 1. The summed E-state index contributed by atoms with van der Waals surface area (Å²) in [5, 5.41) is 9.05. The van der Waals surface area contributed by atoms with Gasteiger partial charge in [0.25, 0.3) is 0 Å². The standard InChI is InChI=1S/C15H13ClN4S/c16-14-6-5-13(21-14)12(9-18)20-11-4-2-1-3-10(11)19-15(20)7-8-17/h1-6,12H,7,9,18H2. The fraction of sp³-hybridized carbons (Fsp3) is 0.200. The molecule has 1 unspecified atom stereocenters. The molecule has 21 heavy (non-hydrogen) atoms. The molecule has 0 bridgehead atoms. The molecule has 0 aliphatic carbocycles. The zero-order valence-electron chi connectivity index (χ0n) is 11.2. The van der Waals surface area contributed by atoms with E-state index in [9.17, 15) is 0 Å². The van der Waals surface area contributed by atoms with Crippen molar-refractivity contribution in [1.29, 1.82) is 5.26 Å². The van der Waals surface area contributed by atoms with Gasteiger partial charge >= 0.3 is 0 Å². The Morgan fingerprint density at radius 3 is 2.81 bits per heavy atom. The zero-order valence-corrected chi connectivity index (χ0v) is 12.7. The normalized spacial score (nSPS) is 12.4. The van der Waals surface area contributed by atoms with Gasteiger partial charge in [0.15, 0.2) is 0 Å². The van der Waals surface area contributed by atoms with Crippen LogP contribution in [0.5, 0.6) is 0 Å². The summed E-state index contributed by atoms with van der Waals surface area (Å²) >= 11 is 7.55. The highest BCUT2D eigenvalue weighted by atomic mass is 35.5. The lowest BCUT2D eigenvalue weighted by molar-refractivity contribution is 0.598. The summed E-state index contributed by atoms with van der Waals surface area (Å²) in [5.74, 6) is 0.735. The second-order valence-electron chi connectivity index (χ2n) is 4.62. The number of imidazole rings is 1. The maximum Gasteiger partial charge on any atom is 0.124 e. The Morgan fingerprint density at radius 1 is 1.33 bits per heavy atom. The third-order valence-electron chi connectivity index (χ3n) is 3.36. The van der Waals surface area contributed by atoms with Gasteiger partial charge in [-0.1, -0.05) is 23.7 Å². The number of hydrogen-bond donors (Lipinski definition) is 1. The highest BCUT2D eigenvalue weighted by Crippen LogP contribution is 2.32. The number of para-hydroxylation sites is 2. The number of halogens is 1. The molecule has 0 saturated carbocycles. The topological polar surface area (TPSA) is 67.6 Å². The average Bonchev–Trinajstić information content (AvgIpc) is 3.06. The van der Waals surface area contributed by atoms with Gasteiger partial charge in [0.2, 0.25) is 0 Å². The molecule has 3 rings (SSSR count). The molecule has 1 aromatic carbocycles. The van der Waals surface area contributed by atoms with E-state index in [1.807, 2.05) is 36.4 Å². The molecule has 0 fully saturated rings. The van der Waals surface area contributed by atoms with Crippen molar-refractivity contribution in [3.05, 3.63) is 51.4 Å². The maximum absolute atomic E-state index is 9.05. The van der Waals surface area contributed by atoms with Gasteiger partial charge in [0.05, 0.1) is 33.9 Å². The van der Waals surface area contributed by atoms with Gasteiger partial charge in [0.1, 0.15) is 5.82 Å². The molecular formula is C15H13ClN4S. The molecule has 4 nitrogen and oxygen atoms in total. The summed E-state index contributed by atoms with van der Waals surface area (Å²) in [4.78, 5) is 5.63. The van der Waals surface area contributed by atoms with Crippen LogP contribution >= 0.6 is 22.9 Å². The Balaban J connectivity index is 2.21. The Kier molecular flexibility index (Phi) is 3.93. The van der Waals surface area contributed by atoms with Crippen LogP contribution in [0, 0.1) is 11.3 Å². The zero-order chi connectivity index (χ0) is 14.8. The van der Waals surface area contributed by atoms with Crippen LogP contribution in [-0.2, 0) is 6.42 Å². The molecule has 0 saturated heterocycles. The first-order valence-electron chi connectivity index (χ1n) is 6.52. The molecule has 2 heterocycles. The fourth-order valence-corrected chi connectivity index (χ4v) is 3.66. The van der Waals surface area contributed by atoms with Crippen molar-refractivity contribution in [3.63, 3.8) is 0 Å². The molecule has 1 atom stereocenters. The van der Waals surface area contributed by atoms with Gasteiger partial charge in [-0.05, 0) is 24.3 Å². The Hall–Kier alpha value is -1.87. The average molecular weight is 317 g/mol. The number of aromatic nitrogens is 2. The van der Waals surface area contributed by atoms with E-state index in [2.05, 4.69) is 15.6 Å². The van der Waals surface area contributed by atoms with Gasteiger partial charge in [-0.2, -0.15) is 5.26 Å². The van der Waals surface area contributed by atoms with Crippen LogP contribution in [0.3, 0.4) is 0 Å². The van der Waals surface area contributed by atoms with E-state index in [4.69, 9.17) is 22.6 Å². The summed E-state index contributed by atoms with van der Waals surface area (Å²) in [6, 6.07) is 13.8. The molecule has 0 spiro atoms. The number of nitriles is 1. The molecule has 2 aromatic heterocycles. The minimum atomic E-state index is -0.0572. The highest BCUT2D eigenvalue weighted by Gasteiger charge is 2.20. The molecule has 0 amide bonds. The number of nitrogens with zero attached hydrogens (tertiary/aromatic N) is 3. The minimum Gasteiger partial charge on any atom is -0.328 e. The number of hydrogen-bond acceptors (Lipinski definition) is 4. The number of nitrogens with two attached hydrogens (primary N) is 1. The first-order valence-corrected chi connectivity index (χ1v) is 7.72. The molecule has 3 aromatic rings. The van der Waals surface area contributed by atoms with Crippen LogP contribution in [0.25, 0.3) is 11.0 Å². The van der Waals surface area contributed by atoms with Crippen LogP contribution in [0.2, 0.25) is 4.34 Å². The molecule has 2 N–H and O–H groups in total. The van der Waals surface area contributed by atoms with Crippen LogP contribution in [0.1, 0.15) is 16.7 Å². The van der Waals surface area contributed by atoms with E-state index in [1.54, 1.807) is 0 Å². The summed E-state index contributed by atoms with van der Waals surface area (Å²) in [6.07, 6.45) is 0.254. The lowest BCUT2D eigenvalue weighted by Crippen LogP contribution is -2.21. The quantitative estimate of drug-likeness (QED) is 0.802. The van der Waals surface area contributed by atoms with Crippen molar-refractivity contribution < 1.29 is 0 Å². The van der Waals surface area contributed by atoms with E-state index >= 15 is 0 Å². The van der Waals surface area contributed by atoms with Crippen molar-refractivity contribution in [3.8, 4) is 6.07 Å². The van der Waals surface area contributed by atoms with Crippen LogP contribution in [0.4, 0.5) is 0 Å². The van der Waals surface area contributed by atoms with Crippen molar-refractivity contribution in [2.24, 2.45) is 5.73 Å². The van der Waals surface area contributed by atoms with Gasteiger partial charge < -0.3 is 10.3 Å². The Morgan fingerprint density at radius 2 is 2.14 bits per heavy atom. The molecular weight excluding hydrogens is 304 g/mol. The number of rotatable bonds is 4. The molecule has 0 aliphatic heterocycles. The lowest BCUT2D eigenvalue weighted by Gasteiger charge is -2.18. The van der Waals surface area contributed by atoms with Crippen molar-refractivity contribution in [2.45, 2.75) is 12.5 Å². The first-order chi connectivity index (χ1) is 10.2. The van der Waals surface area contributed by atoms with Gasteiger partial charge in [-0.3, -0.25) is 0 Å². The van der Waals surface area contributed by atoms with Crippen LogP contribution in [-0.4, -0.2) is 16.1 Å². The molecule has 0 aliphatic rings. The predicted octanol–water partition coefficient (Wildman–Crippen LogP) is 3.37. The van der Waals surface area contributed by atoms with E-state index in [0.29, 0.717) is 6.54 Å². The second-order valence-corrected chi connectivity index (χ2v) is 6.36. The molecule has 6 heteroatoms. The SMILES string of the molecule is N#CCc1nc2ccccc2n1C(CN)c1ccc(Cl)s1. The predicted molar refractivity (Wildman–Crippen MR) is 85.6 cm³/mol. The maximum atomic E-state index is 9.05. The lowest BCUT2D eigenvalue weighted by atomic mass is 10.2. The van der Waals surface area contributed by atoms with E-state index in [-0.39, 0.29) is 12.5 Å². The van der Waals surface area contributed by atoms with Crippen LogP contribution in [0.15, 0.2) is 36.4 Å². The largest absolute Gasteiger partial charge is 0.328 e. The monoisotopic (exact) mass is 316 g/mol. The fourth-order valence-electron chi connectivity index (χ4n) is 2.49. The van der Waals surface area contributed by atoms with E-state index < -0.39 is 0 Å². The second kappa shape index (κ2) is 5.86. The number of fused-ring (bicyclic) bond motifs is 1. The third-order valence-corrected chi connectivity index (χ3v) is 4.70. The Bertz CT molecular complexity index is 815. The van der Waals surface area contributed by atoms with E-state index in [0.717, 1.165) is 26.1 Å². The Labute approximate surface area is 131 Å².